The van der Waals surface area contributed by atoms with E-state index in [1.54, 1.807) is 6.92 Å². The van der Waals surface area contributed by atoms with E-state index in [0.717, 1.165) is 53.0 Å². The van der Waals surface area contributed by atoms with Gasteiger partial charge in [0.05, 0.1) is 11.8 Å². The molecule has 1 fully saturated rings. The summed E-state index contributed by atoms with van der Waals surface area (Å²) in [4.78, 5) is 27.7. The predicted octanol–water partition coefficient (Wildman–Crippen LogP) is 3.13. The number of aromatic amines is 2. The molecule has 154 valence electrons. The summed E-state index contributed by atoms with van der Waals surface area (Å²) in [6.45, 7) is 4.96. The maximum atomic E-state index is 12.5. The Morgan fingerprint density at radius 2 is 2.13 bits per heavy atom. The Bertz CT molecular complexity index is 1210. The number of hydrogen-bond donors (Lipinski definition) is 3. The molecule has 30 heavy (non-hydrogen) atoms. The highest BCUT2D eigenvalue weighted by molar-refractivity contribution is 5.92. The summed E-state index contributed by atoms with van der Waals surface area (Å²) in [5.41, 5.74) is 4.21. The number of aromatic nitrogens is 5. The van der Waals surface area contributed by atoms with Crippen LogP contribution in [0.15, 0.2) is 28.8 Å². The van der Waals surface area contributed by atoms with Gasteiger partial charge in [0.1, 0.15) is 5.69 Å². The average Bonchev–Trinajstić information content (AvgIpc) is 3.51. The van der Waals surface area contributed by atoms with Crippen molar-refractivity contribution in [2.45, 2.75) is 32.8 Å². The van der Waals surface area contributed by atoms with Gasteiger partial charge in [0.25, 0.3) is 11.8 Å². The largest absolute Gasteiger partial charge is 0.376 e. The minimum atomic E-state index is -0.225. The van der Waals surface area contributed by atoms with E-state index < -0.39 is 0 Å². The molecule has 1 unspecified atom stereocenters. The maximum Gasteiger partial charge on any atom is 0.287 e. The van der Waals surface area contributed by atoms with E-state index in [9.17, 15) is 4.79 Å². The van der Waals surface area contributed by atoms with Crippen LogP contribution in [0.5, 0.6) is 0 Å². The van der Waals surface area contributed by atoms with Crippen LogP contribution >= 0.6 is 0 Å². The Balaban J connectivity index is 1.38. The van der Waals surface area contributed by atoms with Crippen molar-refractivity contribution >= 4 is 16.8 Å². The minimum absolute atomic E-state index is 0.0947. The fourth-order valence-corrected chi connectivity index (χ4v) is 3.75. The highest BCUT2D eigenvalue weighted by Crippen LogP contribution is 2.28. The predicted molar refractivity (Wildman–Crippen MR) is 110 cm³/mol. The summed E-state index contributed by atoms with van der Waals surface area (Å²) in [6.07, 6.45) is 2.11. The Labute approximate surface area is 172 Å². The monoisotopic (exact) mass is 406 g/mol. The van der Waals surface area contributed by atoms with Gasteiger partial charge in [-0.2, -0.15) is 4.98 Å². The number of carbonyl (C=O) groups excluding carboxylic acids is 1. The molecule has 4 heterocycles. The summed E-state index contributed by atoms with van der Waals surface area (Å²) in [5, 5.41) is 7.72. The van der Waals surface area contributed by atoms with Crippen molar-refractivity contribution in [3.8, 4) is 22.8 Å². The van der Waals surface area contributed by atoms with Crippen LogP contribution in [0, 0.1) is 13.8 Å². The van der Waals surface area contributed by atoms with Crippen LogP contribution in [0.1, 0.15) is 35.0 Å². The Kier molecular flexibility index (Phi) is 4.59. The summed E-state index contributed by atoms with van der Waals surface area (Å²) in [7, 11) is 0. The number of hydrogen-bond acceptors (Lipinski definition) is 6. The summed E-state index contributed by atoms with van der Waals surface area (Å²) < 4.78 is 10.8. The van der Waals surface area contributed by atoms with Crippen molar-refractivity contribution in [2.24, 2.45) is 0 Å². The van der Waals surface area contributed by atoms with Crippen LogP contribution in [0.4, 0.5) is 0 Å². The van der Waals surface area contributed by atoms with Gasteiger partial charge in [0.2, 0.25) is 0 Å². The molecule has 1 amide bonds. The van der Waals surface area contributed by atoms with Gasteiger partial charge in [-0.05, 0) is 44.9 Å². The lowest BCUT2D eigenvalue weighted by Crippen LogP contribution is -2.32. The molecule has 0 aliphatic carbocycles. The molecule has 1 aliphatic heterocycles. The highest BCUT2D eigenvalue weighted by atomic mass is 16.5. The molecule has 3 aromatic heterocycles. The molecule has 1 aromatic carbocycles. The fourth-order valence-electron chi connectivity index (χ4n) is 3.75. The highest BCUT2D eigenvalue weighted by Gasteiger charge is 2.19. The zero-order valence-electron chi connectivity index (χ0n) is 16.8. The number of rotatable bonds is 5. The molecule has 1 atom stereocenters. The van der Waals surface area contributed by atoms with Crippen molar-refractivity contribution in [3.05, 3.63) is 41.6 Å². The van der Waals surface area contributed by atoms with E-state index in [1.807, 2.05) is 31.2 Å². The molecule has 9 nitrogen and oxygen atoms in total. The van der Waals surface area contributed by atoms with Gasteiger partial charge in [0, 0.05) is 35.3 Å². The number of carbonyl (C=O) groups is 1. The molecule has 0 radical (unpaired) electrons. The van der Waals surface area contributed by atoms with Gasteiger partial charge < -0.3 is 24.5 Å². The second-order valence-electron chi connectivity index (χ2n) is 7.54. The van der Waals surface area contributed by atoms with E-state index >= 15 is 0 Å². The molecular formula is C21H22N6O3. The average molecular weight is 406 g/mol. The van der Waals surface area contributed by atoms with E-state index in [1.165, 1.54) is 0 Å². The van der Waals surface area contributed by atoms with Crippen LogP contribution in [-0.4, -0.2) is 50.3 Å². The van der Waals surface area contributed by atoms with Gasteiger partial charge in [-0.3, -0.25) is 4.79 Å². The molecule has 4 aromatic rings. The molecule has 9 heteroatoms. The van der Waals surface area contributed by atoms with Crippen molar-refractivity contribution in [1.29, 1.82) is 0 Å². The molecule has 3 N–H and O–H groups in total. The lowest BCUT2D eigenvalue weighted by atomic mass is 10.1. The zero-order chi connectivity index (χ0) is 20.7. The topological polar surface area (TPSA) is 122 Å². The smallest absolute Gasteiger partial charge is 0.287 e. The SMILES string of the molecule is Cc1noc(-c2cc3cc(-c4nc(C(=O)NCC5CCCO5)[nH]c4C)ccc3[nH]2)n1. The van der Waals surface area contributed by atoms with Crippen molar-refractivity contribution < 1.29 is 14.1 Å². The first-order chi connectivity index (χ1) is 14.6. The number of nitrogens with zero attached hydrogens (tertiary/aromatic N) is 3. The molecule has 0 saturated carbocycles. The van der Waals surface area contributed by atoms with Crippen LogP contribution in [0.25, 0.3) is 33.7 Å². The first-order valence-electron chi connectivity index (χ1n) is 9.97. The van der Waals surface area contributed by atoms with E-state index in [4.69, 9.17) is 9.26 Å². The molecule has 0 bridgehead atoms. The van der Waals surface area contributed by atoms with Crippen LogP contribution in [0.2, 0.25) is 0 Å². The zero-order valence-corrected chi connectivity index (χ0v) is 16.8. The summed E-state index contributed by atoms with van der Waals surface area (Å²) in [6, 6.07) is 7.93. The molecular weight excluding hydrogens is 384 g/mol. The van der Waals surface area contributed by atoms with Gasteiger partial charge in [-0.15, -0.1) is 0 Å². The molecule has 5 rings (SSSR count). The van der Waals surface area contributed by atoms with E-state index in [2.05, 4.69) is 30.4 Å². The number of nitrogens with one attached hydrogen (secondary N) is 3. The quantitative estimate of drug-likeness (QED) is 0.468. The number of aryl methyl sites for hydroxylation is 2. The van der Waals surface area contributed by atoms with Crippen LogP contribution in [-0.2, 0) is 4.74 Å². The second-order valence-corrected chi connectivity index (χ2v) is 7.54. The Morgan fingerprint density at radius 3 is 2.90 bits per heavy atom. The third-order valence-electron chi connectivity index (χ3n) is 5.27. The molecule has 1 saturated heterocycles. The third kappa shape index (κ3) is 3.48. The number of amides is 1. The van der Waals surface area contributed by atoms with E-state index in [0.29, 0.717) is 24.1 Å². The van der Waals surface area contributed by atoms with Gasteiger partial charge in [-0.25, -0.2) is 4.98 Å². The lowest BCUT2D eigenvalue weighted by molar-refractivity contribution is 0.0850. The summed E-state index contributed by atoms with van der Waals surface area (Å²) >= 11 is 0. The van der Waals surface area contributed by atoms with Crippen LogP contribution < -0.4 is 5.32 Å². The maximum absolute atomic E-state index is 12.5. The normalized spacial score (nSPS) is 16.4. The minimum Gasteiger partial charge on any atom is -0.376 e. The van der Waals surface area contributed by atoms with Gasteiger partial charge in [0.15, 0.2) is 11.6 Å². The number of benzene rings is 1. The standard InChI is InChI=1S/C21H22N6O3/c1-11-18(26-19(23-11)20(28)22-10-15-4-3-7-29-15)13-5-6-16-14(8-13)9-17(25-16)21-24-12(2)27-30-21/h5-6,8-9,15,25H,3-4,7,10H2,1-2H3,(H,22,28)(H,23,26). The Morgan fingerprint density at radius 1 is 1.23 bits per heavy atom. The lowest BCUT2D eigenvalue weighted by Gasteiger charge is -2.09. The first kappa shape index (κ1) is 18.6. The molecule has 0 spiro atoms. The Hall–Kier alpha value is -3.46. The van der Waals surface area contributed by atoms with Crippen molar-refractivity contribution in [1.82, 2.24) is 30.4 Å². The number of imidazole rings is 1. The van der Waals surface area contributed by atoms with E-state index in [-0.39, 0.29) is 12.0 Å². The van der Waals surface area contributed by atoms with Crippen molar-refractivity contribution in [3.63, 3.8) is 0 Å². The number of fused-ring (bicyclic) bond motifs is 1. The summed E-state index contributed by atoms with van der Waals surface area (Å²) in [5.74, 6) is 1.11. The third-order valence-corrected chi connectivity index (χ3v) is 5.27. The number of ether oxygens (including phenoxy) is 1. The van der Waals surface area contributed by atoms with Gasteiger partial charge in [-0.1, -0.05) is 11.2 Å². The fraction of sp³-hybridized carbons (Fsp3) is 0.333. The molecule has 1 aliphatic rings. The number of H-pyrrole nitrogens is 2. The van der Waals surface area contributed by atoms with Crippen LogP contribution in [0.3, 0.4) is 0 Å². The van der Waals surface area contributed by atoms with Gasteiger partial charge >= 0.3 is 0 Å². The first-order valence-corrected chi connectivity index (χ1v) is 9.97. The second kappa shape index (κ2) is 7.42. The van der Waals surface area contributed by atoms with Crippen molar-refractivity contribution in [2.75, 3.05) is 13.2 Å².